The Kier molecular flexibility index (Phi) is 5.05. The van der Waals surface area contributed by atoms with Crippen LogP contribution < -0.4 is 10.6 Å². The van der Waals surface area contributed by atoms with Crippen LogP contribution in [0, 0.1) is 0 Å². The maximum Gasteiger partial charge on any atom is 0.350 e. The van der Waals surface area contributed by atoms with Crippen LogP contribution in [0.25, 0.3) is 0 Å². The third-order valence-electron chi connectivity index (χ3n) is 1.99. The van der Waals surface area contributed by atoms with Gasteiger partial charge in [-0.2, -0.15) is 0 Å². The summed E-state index contributed by atoms with van der Waals surface area (Å²) >= 11 is 1.13. The van der Waals surface area contributed by atoms with Crippen molar-refractivity contribution < 1.29 is 14.3 Å². The second-order valence-corrected chi connectivity index (χ2v) is 4.22. The van der Waals surface area contributed by atoms with Crippen molar-refractivity contribution in [3.63, 3.8) is 0 Å². The molecule has 0 fully saturated rings. The van der Waals surface area contributed by atoms with Gasteiger partial charge in [0.15, 0.2) is 5.13 Å². The second-order valence-electron chi connectivity index (χ2n) is 3.22. The molecule has 0 saturated heterocycles. The molecule has 0 aliphatic rings. The molecule has 1 amide bonds. The van der Waals surface area contributed by atoms with Gasteiger partial charge in [0.05, 0.1) is 19.3 Å². The number of aryl methyl sites for hydroxylation is 1. The molecule has 0 atom stereocenters. The summed E-state index contributed by atoms with van der Waals surface area (Å²) in [4.78, 5) is 27.4. The fourth-order valence-electron chi connectivity index (χ4n) is 1.22. The first kappa shape index (κ1) is 13.6. The number of carbonyl (C=O) groups is 2. The van der Waals surface area contributed by atoms with E-state index in [1.807, 2.05) is 6.92 Å². The zero-order valence-corrected chi connectivity index (χ0v) is 10.8. The predicted octanol–water partition coefficient (Wildman–Crippen LogP) is 0.650. The maximum absolute atomic E-state index is 11.4. The lowest BCUT2D eigenvalue weighted by Gasteiger charge is -1.98. The minimum atomic E-state index is -0.423. The molecule has 17 heavy (non-hydrogen) atoms. The third kappa shape index (κ3) is 3.50. The van der Waals surface area contributed by atoms with Crippen LogP contribution in [0.15, 0.2) is 0 Å². The highest BCUT2D eigenvalue weighted by Gasteiger charge is 2.18. The average Bonchev–Trinajstić information content (AvgIpc) is 2.71. The lowest BCUT2D eigenvalue weighted by atomic mass is 10.3. The Morgan fingerprint density at radius 2 is 2.18 bits per heavy atom. The van der Waals surface area contributed by atoms with Crippen LogP contribution in [0.5, 0.6) is 0 Å². The van der Waals surface area contributed by atoms with Gasteiger partial charge in [0, 0.05) is 0 Å². The van der Waals surface area contributed by atoms with Gasteiger partial charge in [-0.15, -0.1) is 0 Å². The first-order chi connectivity index (χ1) is 8.12. The van der Waals surface area contributed by atoms with Crippen LogP contribution in [-0.4, -0.2) is 37.6 Å². The van der Waals surface area contributed by atoms with Crippen molar-refractivity contribution in [2.24, 2.45) is 0 Å². The van der Waals surface area contributed by atoms with Crippen LogP contribution in [0.3, 0.4) is 0 Å². The molecule has 0 aliphatic heterocycles. The highest BCUT2D eigenvalue weighted by molar-refractivity contribution is 7.17. The number of nitrogens with zero attached hydrogens (tertiary/aromatic N) is 1. The number of hydrogen-bond acceptors (Lipinski definition) is 6. The fourth-order valence-corrected chi connectivity index (χ4v) is 2.21. The summed E-state index contributed by atoms with van der Waals surface area (Å²) in [5.74, 6) is -0.617. The summed E-state index contributed by atoms with van der Waals surface area (Å²) in [7, 11) is 3.00. The van der Waals surface area contributed by atoms with Crippen LogP contribution >= 0.6 is 11.3 Å². The van der Waals surface area contributed by atoms with Crippen LogP contribution in [0.2, 0.25) is 0 Å². The molecule has 7 heteroatoms. The minimum Gasteiger partial charge on any atom is -0.465 e. The molecule has 0 aromatic carbocycles. The van der Waals surface area contributed by atoms with E-state index in [4.69, 9.17) is 0 Å². The molecule has 1 aromatic heterocycles. The number of amides is 1. The van der Waals surface area contributed by atoms with Crippen molar-refractivity contribution in [2.45, 2.75) is 13.3 Å². The first-order valence-electron chi connectivity index (χ1n) is 5.14. The molecule has 94 valence electrons. The number of ether oxygens (including phenoxy) is 1. The van der Waals surface area contributed by atoms with E-state index in [0.717, 1.165) is 11.3 Å². The molecule has 1 aromatic rings. The Morgan fingerprint density at radius 3 is 2.71 bits per heavy atom. The van der Waals surface area contributed by atoms with E-state index in [1.165, 1.54) is 7.11 Å². The van der Waals surface area contributed by atoms with Gasteiger partial charge >= 0.3 is 5.97 Å². The smallest absolute Gasteiger partial charge is 0.350 e. The maximum atomic E-state index is 11.4. The van der Waals surface area contributed by atoms with E-state index in [1.54, 1.807) is 7.05 Å². The Labute approximate surface area is 103 Å². The number of aromatic nitrogens is 1. The standard InChI is InChI=1S/C10H15N3O3S/c1-4-6-8(9(15)16-3)17-10(12-6)13-7(14)5-11-2/h11H,4-5H2,1-3H3,(H,12,13,14). The molecule has 6 nitrogen and oxygen atoms in total. The van der Waals surface area contributed by atoms with Gasteiger partial charge < -0.3 is 15.4 Å². The molecular formula is C10H15N3O3S. The van der Waals surface area contributed by atoms with Crippen LogP contribution in [0.1, 0.15) is 22.3 Å². The number of carbonyl (C=O) groups excluding carboxylic acids is 2. The van der Waals surface area contributed by atoms with Gasteiger partial charge in [0.2, 0.25) is 5.91 Å². The Balaban J connectivity index is 2.85. The van der Waals surface area contributed by atoms with Crippen molar-refractivity contribution in [3.05, 3.63) is 10.6 Å². The fraction of sp³-hybridized carbons (Fsp3) is 0.500. The molecule has 1 rings (SSSR count). The summed E-state index contributed by atoms with van der Waals surface area (Å²) in [6, 6.07) is 0. The van der Waals surface area contributed by atoms with Gasteiger partial charge in [-0.05, 0) is 13.5 Å². The summed E-state index contributed by atoms with van der Waals surface area (Å²) in [6.07, 6.45) is 0.614. The van der Waals surface area contributed by atoms with Gasteiger partial charge in [-0.1, -0.05) is 18.3 Å². The lowest BCUT2D eigenvalue weighted by Crippen LogP contribution is -2.24. The summed E-state index contributed by atoms with van der Waals surface area (Å²) in [5.41, 5.74) is 0.640. The minimum absolute atomic E-state index is 0.194. The molecular weight excluding hydrogens is 242 g/mol. The Hall–Kier alpha value is -1.47. The van der Waals surface area contributed by atoms with Gasteiger partial charge in [-0.3, -0.25) is 4.79 Å². The van der Waals surface area contributed by atoms with Crippen LogP contribution in [-0.2, 0) is 16.0 Å². The molecule has 1 heterocycles. The van der Waals surface area contributed by atoms with Crippen molar-refractivity contribution in [1.29, 1.82) is 0 Å². The molecule has 0 saturated carbocycles. The third-order valence-corrected chi connectivity index (χ3v) is 2.98. The molecule has 0 aliphatic carbocycles. The van der Waals surface area contributed by atoms with Gasteiger partial charge in [0.25, 0.3) is 0 Å². The van der Waals surface area contributed by atoms with Crippen LogP contribution in [0.4, 0.5) is 5.13 Å². The van der Waals surface area contributed by atoms with E-state index < -0.39 is 5.97 Å². The largest absolute Gasteiger partial charge is 0.465 e. The van der Waals surface area contributed by atoms with E-state index in [-0.39, 0.29) is 12.5 Å². The Bertz CT molecular complexity index is 417. The number of likely N-dealkylation sites (N-methyl/N-ethyl adjacent to an activating group) is 1. The number of rotatable bonds is 5. The first-order valence-corrected chi connectivity index (χ1v) is 5.96. The van der Waals surface area contributed by atoms with Gasteiger partial charge in [-0.25, -0.2) is 9.78 Å². The number of esters is 1. The number of hydrogen-bond donors (Lipinski definition) is 2. The zero-order valence-electron chi connectivity index (χ0n) is 9.99. The monoisotopic (exact) mass is 257 g/mol. The zero-order chi connectivity index (χ0) is 12.8. The summed E-state index contributed by atoms with van der Waals surface area (Å²) in [6.45, 7) is 2.09. The quantitative estimate of drug-likeness (QED) is 0.757. The van der Waals surface area contributed by atoms with Crippen molar-refractivity contribution in [1.82, 2.24) is 10.3 Å². The van der Waals surface area contributed by atoms with E-state index >= 15 is 0 Å². The van der Waals surface area contributed by atoms with Crippen molar-refractivity contribution in [2.75, 3.05) is 26.0 Å². The average molecular weight is 257 g/mol. The van der Waals surface area contributed by atoms with Crippen molar-refractivity contribution >= 4 is 28.3 Å². The van der Waals surface area contributed by atoms with E-state index in [2.05, 4.69) is 20.4 Å². The normalized spacial score (nSPS) is 10.1. The molecule has 0 bridgehead atoms. The second kappa shape index (κ2) is 6.31. The molecule has 0 unspecified atom stereocenters. The molecule has 0 spiro atoms. The highest BCUT2D eigenvalue weighted by Crippen LogP contribution is 2.24. The number of nitrogens with one attached hydrogen (secondary N) is 2. The summed E-state index contributed by atoms with van der Waals surface area (Å²) in [5, 5.41) is 5.76. The number of methoxy groups -OCH3 is 1. The topological polar surface area (TPSA) is 80.3 Å². The van der Waals surface area contributed by atoms with E-state index in [9.17, 15) is 9.59 Å². The van der Waals surface area contributed by atoms with Gasteiger partial charge in [0.1, 0.15) is 4.88 Å². The van der Waals surface area contributed by atoms with Crippen molar-refractivity contribution in [3.8, 4) is 0 Å². The predicted molar refractivity (Wildman–Crippen MR) is 65.4 cm³/mol. The highest BCUT2D eigenvalue weighted by atomic mass is 32.1. The lowest BCUT2D eigenvalue weighted by molar-refractivity contribution is -0.115. The Morgan fingerprint density at radius 1 is 1.47 bits per heavy atom. The summed E-state index contributed by atoms with van der Waals surface area (Å²) < 4.78 is 4.65. The SMILES string of the molecule is CCc1nc(NC(=O)CNC)sc1C(=O)OC. The number of thiazole rings is 1. The molecule has 0 radical (unpaired) electrons. The van der Waals surface area contributed by atoms with E-state index in [0.29, 0.717) is 22.1 Å². The number of anilines is 1. The molecule has 2 N–H and O–H groups in total.